The number of hydrogen-bond donors (Lipinski definition) is 0. The maximum absolute atomic E-state index is 8.33. The summed E-state index contributed by atoms with van der Waals surface area (Å²) in [5, 5.41) is 0. The molecule has 25 valence electrons. The van der Waals surface area contributed by atoms with Gasteiger partial charge < -0.3 is 0 Å². The van der Waals surface area contributed by atoms with Gasteiger partial charge in [-0.25, -0.2) is 0 Å². The SMILES string of the molecule is [B].[Ni].[O]=[W]. The Morgan fingerprint density at radius 2 is 1.25 bits per heavy atom. The van der Waals surface area contributed by atoms with E-state index in [4.69, 9.17) is 3.40 Å². The first-order chi connectivity index (χ1) is 1.00. The standard InChI is InChI=1S/B.Ni.O.W. The van der Waals surface area contributed by atoms with Crippen molar-refractivity contribution in [3.63, 3.8) is 0 Å². The van der Waals surface area contributed by atoms with Crippen molar-refractivity contribution in [2.45, 2.75) is 0 Å². The summed E-state index contributed by atoms with van der Waals surface area (Å²) in [6, 6.07) is 0. The topological polar surface area (TPSA) is 17.1 Å². The molecule has 0 fully saturated rings. The maximum atomic E-state index is 8.33. The molecule has 4 heteroatoms. The van der Waals surface area contributed by atoms with Gasteiger partial charge in [0.05, 0.1) is 0 Å². The van der Waals surface area contributed by atoms with E-state index < -0.39 is 0 Å². The first-order valence-corrected chi connectivity index (χ1v) is 1.36. The minimum atomic E-state index is 0. The number of rotatable bonds is 0. The van der Waals surface area contributed by atoms with Gasteiger partial charge in [0.15, 0.2) is 0 Å². The zero-order valence-electron chi connectivity index (χ0n) is 1.71. The average molecular weight is 269 g/mol. The molecule has 0 aromatic carbocycles. The minimum absolute atomic E-state index is 0. The van der Waals surface area contributed by atoms with Gasteiger partial charge in [0.1, 0.15) is 0 Å². The molecule has 4 heavy (non-hydrogen) atoms. The molecule has 0 rings (SSSR count). The molecule has 0 saturated heterocycles. The van der Waals surface area contributed by atoms with Crippen LogP contribution in [-0.4, -0.2) is 8.41 Å². The molecule has 3 radical (unpaired) electrons. The number of hydrogen-bond acceptors (Lipinski definition) is 1. The molecular formula is BNiOW. The quantitative estimate of drug-likeness (QED) is 0.542. The zero-order valence-corrected chi connectivity index (χ0v) is 5.63. The van der Waals surface area contributed by atoms with Gasteiger partial charge in [-0.1, -0.05) is 0 Å². The average Bonchev–Trinajstić information content (AvgIpc) is 1.00. The molecule has 0 atom stereocenters. The van der Waals surface area contributed by atoms with Crippen LogP contribution < -0.4 is 0 Å². The molecule has 0 heterocycles. The van der Waals surface area contributed by atoms with Crippen molar-refractivity contribution >= 4 is 8.41 Å². The van der Waals surface area contributed by atoms with Gasteiger partial charge in [-0.05, 0) is 0 Å². The van der Waals surface area contributed by atoms with E-state index in [1.54, 1.807) is 0 Å². The third-order valence-electron chi connectivity index (χ3n) is 0. The van der Waals surface area contributed by atoms with E-state index in [9.17, 15) is 0 Å². The van der Waals surface area contributed by atoms with Crippen LogP contribution in [0.5, 0.6) is 0 Å². The van der Waals surface area contributed by atoms with Crippen molar-refractivity contribution in [1.82, 2.24) is 0 Å². The first kappa shape index (κ1) is 19.7. The fourth-order valence-corrected chi connectivity index (χ4v) is 0. The zero-order chi connectivity index (χ0) is 2.00. The molecule has 0 unspecified atom stereocenters. The van der Waals surface area contributed by atoms with Crippen LogP contribution in [0.4, 0.5) is 0 Å². The molecule has 0 N–H and O–H groups in total. The van der Waals surface area contributed by atoms with Crippen molar-refractivity contribution in [2.75, 3.05) is 0 Å². The van der Waals surface area contributed by atoms with Crippen LogP contribution in [0.15, 0.2) is 0 Å². The first-order valence-electron chi connectivity index (χ1n) is 0.167. The van der Waals surface area contributed by atoms with Crippen LogP contribution in [0.2, 0.25) is 0 Å². The van der Waals surface area contributed by atoms with E-state index in [2.05, 4.69) is 0 Å². The van der Waals surface area contributed by atoms with Crippen LogP contribution in [0.1, 0.15) is 0 Å². The van der Waals surface area contributed by atoms with Gasteiger partial charge in [-0.3, -0.25) is 0 Å². The molecule has 0 spiro atoms. The van der Waals surface area contributed by atoms with Gasteiger partial charge in [-0.2, -0.15) is 0 Å². The van der Waals surface area contributed by atoms with Gasteiger partial charge in [-0.15, -0.1) is 0 Å². The van der Waals surface area contributed by atoms with E-state index in [-0.39, 0.29) is 24.9 Å². The molecule has 0 aromatic heterocycles. The predicted octanol–water partition coefficient (Wildman–Crippen LogP) is -0.505. The Balaban J connectivity index is -0.00000000500. The summed E-state index contributed by atoms with van der Waals surface area (Å²) in [7, 11) is 0. The summed E-state index contributed by atoms with van der Waals surface area (Å²) in [4.78, 5) is 0. The van der Waals surface area contributed by atoms with Crippen molar-refractivity contribution in [3.8, 4) is 0 Å². The molecule has 0 saturated carbocycles. The Morgan fingerprint density at radius 3 is 1.25 bits per heavy atom. The summed E-state index contributed by atoms with van der Waals surface area (Å²) >= 11 is 0.333. The summed E-state index contributed by atoms with van der Waals surface area (Å²) < 4.78 is 8.33. The third-order valence-corrected chi connectivity index (χ3v) is 0. The molecule has 0 amide bonds. The summed E-state index contributed by atoms with van der Waals surface area (Å²) in [6.07, 6.45) is 0. The second-order valence-corrected chi connectivity index (χ2v) is 0. The van der Waals surface area contributed by atoms with Crippen LogP contribution in [0.25, 0.3) is 0 Å². The van der Waals surface area contributed by atoms with E-state index in [0.717, 1.165) is 0 Å². The van der Waals surface area contributed by atoms with Crippen molar-refractivity contribution in [1.29, 1.82) is 0 Å². The predicted molar refractivity (Wildman–Crippen MR) is 6.44 cm³/mol. The molecule has 1 nitrogen and oxygen atoms in total. The van der Waals surface area contributed by atoms with Crippen molar-refractivity contribution in [2.24, 2.45) is 0 Å². The Hall–Kier alpha value is 1.05. The normalized spacial score (nSPS) is 1.00. The van der Waals surface area contributed by atoms with Crippen LogP contribution >= 0.6 is 0 Å². The molecule has 0 aliphatic carbocycles. The summed E-state index contributed by atoms with van der Waals surface area (Å²) in [5.41, 5.74) is 0. The molecule has 0 aliphatic heterocycles. The van der Waals surface area contributed by atoms with Gasteiger partial charge in [0, 0.05) is 24.9 Å². The van der Waals surface area contributed by atoms with Gasteiger partial charge in [0.2, 0.25) is 0 Å². The van der Waals surface area contributed by atoms with E-state index in [1.807, 2.05) is 0 Å². The van der Waals surface area contributed by atoms with Crippen molar-refractivity contribution in [3.05, 3.63) is 0 Å². The second kappa shape index (κ2) is 34.3. The van der Waals surface area contributed by atoms with Gasteiger partial charge >= 0.3 is 23.2 Å². The third kappa shape index (κ3) is 11.6. The Morgan fingerprint density at radius 1 is 1.25 bits per heavy atom. The molecule has 0 aliphatic rings. The van der Waals surface area contributed by atoms with E-state index in [0.29, 0.717) is 19.8 Å². The van der Waals surface area contributed by atoms with E-state index >= 15 is 0 Å². The fourth-order valence-electron chi connectivity index (χ4n) is 0. The van der Waals surface area contributed by atoms with Crippen molar-refractivity contribution < 1.29 is 39.7 Å². The Labute approximate surface area is 48.2 Å². The Kier molecular flexibility index (Phi) is 169. The fraction of sp³-hybridized carbons (Fsp3) is 0. The van der Waals surface area contributed by atoms with Gasteiger partial charge in [0.25, 0.3) is 0 Å². The van der Waals surface area contributed by atoms with E-state index in [1.165, 1.54) is 0 Å². The van der Waals surface area contributed by atoms with Crippen LogP contribution in [0, 0.1) is 0 Å². The summed E-state index contributed by atoms with van der Waals surface area (Å²) in [5.74, 6) is 0. The molecular weight excluding hydrogens is 269 g/mol. The van der Waals surface area contributed by atoms with Crippen LogP contribution in [0.3, 0.4) is 0 Å². The second-order valence-electron chi connectivity index (χ2n) is 0. The molecule has 0 bridgehead atoms. The molecule has 0 aromatic rings. The summed E-state index contributed by atoms with van der Waals surface area (Å²) in [6.45, 7) is 0. The Bertz CT molecular complexity index is 8.00. The van der Waals surface area contributed by atoms with Crippen LogP contribution in [-0.2, 0) is 39.7 Å². The monoisotopic (exact) mass is 269 g/mol.